The quantitative estimate of drug-likeness (QED) is 0.633. The molecule has 1 aromatic rings. The number of H-pyrrole nitrogens is 1. The van der Waals surface area contributed by atoms with Crippen molar-refractivity contribution in [2.75, 3.05) is 6.61 Å². The minimum Gasteiger partial charge on any atom is -0.390 e. The molecule has 0 saturated heterocycles. The summed E-state index contributed by atoms with van der Waals surface area (Å²) in [6, 6.07) is 1.55. The lowest BCUT2D eigenvalue weighted by atomic mass is 10.1. The lowest BCUT2D eigenvalue weighted by Crippen LogP contribution is -2.36. The van der Waals surface area contributed by atoms with Crippen LogP contribution in [0, 0.1) is 0 Å². The van der Waals surface area contributed by atoms with E-state index in [2.05, 4.69) is 4.98 Å². The van der Waals surface area contributed by atoms with Gasteiger partial charge in [0.25, 0.3) is 5.92 Å². The van der Waals surface area contributed by atoms with Gasteiger partial charge in [-0.25, -0.2) is 8.78 Å². The topological polar surface area (TPSA) is 62.0 Å². The Hall–Kier alpha value is -0.940. The van der Waals surface area contributed by atoms with Gasteiger partial charge >= 0.3 is 0 Å². The molecule has 0 fully saturated rings. The number of halogens is 2. The van der Waals surface area contributed by atoms with E-state index in [0.717, 1.165) is 0 Å². The summed E-state index contributed by atoms with van der Waals surface area (Å²) in [5, 5.41) is 8.32. The van der Waals surface area contributed by atoms with Crippen LogP contribution in [0.4, 0.5) is 8.78 Å². The molecule has 68 valence electrons. The summed E-state index contributed by atoms with van der Waals surface area (Å²) in [5.41, 5.74) is 5.40. The van der Waals surface area contributed by atoms with Gasteiger partial charge in [0.15, 0.2) is 0 Å². The first-order valence-corrected chi connectivity index (χ1v) is 3.45. The van der Waals surface area contributed by atoms with Crippen molar-refractivity contribution in [1.82, 2.24) is 4.98 Å². The number of aromatic amines is 1. The Morgan fingerprint density at radius 1 is 1.67 bits per heavy atom. The van der Waals surface area contributed by atoms with E-state index in [9.17, 15) is 8.78 Å². The van der Waals surface area contributed by atoms with Crippen molar-refractivity contribution >= 4 is 0 Å². The number of alkyl halides is 2. The summed E-state index contributed by atoms with van der Waals surface area (Å²) in [4.78, 5) is 2.56. The second kappa shape index (κ2) is 3.20. The van der Waals surface area contributed by atoms with Crippen molar-refractivity contribution in [2.24, 2.45) is 5.73 Å². The highest BCUT2D eigenvalue weighted by Gasteiger charge is 2.37. The number of rotatable bonds is 3. The van der Waals surface area contributed by atoms with Crippen LogP contribution >= 0.6 is 0 Å². The minimum atomic E-state index is -3.27. The van der Waals surface area contributed by atoms with Crippen LogP contribution < -0.4 is 5.73 Å². The van der Waals surface area contributed by atoms with Gasteiger partial charge in [0.1, 0.15) is 12.6 Å². The number of hydrogen-bond acceptors (Lipinski definition) is 2. The van der Waals surface area contributed by atoms with Gasteiger partial charge < -0.3 is 15.8 Å². The van der Waals surface area contributed by atoms with Crippen LogP contribution in [0.15, 0.2) is 18.3 Å². The molecule has 0 bridgehead atoms. The SMILES string of the molecule is N[C@@H](c1ccc[nH]1)C(F)(F)CO. The molecule has 0 aliphatic rings. The molecule has 1 aromatic heterocycles. The summed E-state index contributed by atoms with van der Waals surface area (Å²) in [7, 11) is 0. The van der Waals surface area contributed by atoms with Crippen LogP contribution in [0.3, 0.4) is 0 Å². The molecule has 1 heterocycles. The van der Waals surface area contributed by atoms with Crippen molar-refractivity contribution in [3.05, 3.63) is 24.0 Å². The van der Waals surface area contributed by atoms with Gasteiger partial charge in [0.2, 0.25) is 0 Å². The second-order valence-corrected chi connectivity index (χ2v) is 2.52. The third-order valence-corrected chi connectivity index (χ3v) is 1.62. The molecule has 0 aromatic carbocycles. The first-order chi connectivity index (χ1) is 5.58. The Labute approximate surface area is 68.2 Å². The summed E-state index contributed by atoms with van der Waals surface area (Å²) in [6.07, 6.45) is 1.50. The number of nitrogens with one attached hydrogen (secondary N) is 1. The lowest BCUT2D eigenvalue weighted by molar-refractivity contribution is -0.0720. The van der Waals surface area contributed by atoms with E-state index in [1.807, 2.05) is 0 Å². The minimum absolute atomic E-state index is 0.217. The van der Waals surface area contributed by atoms with Gasteiger partial charge in [-0.1, -0.05) is 0 Å². The van der Waals surface area contributed by atoms with Crippen molar-refractivity contribution in [1.29, 1.82) is 0 Å². The Bertz CT molecular complexity index is 236. The zero-order valence-electron chi connectivity index (χ0n) is 6.30. The molecule has 0 radical (unpaired) electrons. The third-order valence-electron chi connectivity index (χ3n) is 1.62. The number of aliphatic hydroxyl groups excluding tert-OH is 1. The lowest BCUT2D eigenvalue weighted by Gasteiger charge is -2.19. The van der Waals surface area contributed by atoms with Crippen molar-refractivity contribution in [3.63, 3.8) is 0 Å². The Kier molecular flexibility index (Phi) is 2.44. The van der Waals surface area contributed by atoms with Gasteiger partial charge in [0, 0.05) is 11.9 Å². The standard InChI is InChI=1S/C7H10F2N2O/c8-7(9,4-12)6(10)5-2-1-3-11-5/h1-3,6,11-12H,4,10H2/t6-/m0/s1. The number of hydrogen-bond donors (Lipinski definition) is 3. The van der Waals surface area contributed by atoms with E-state index in [1.54, 1.807) is 6.07 Å². The third kappa shape index (κ3) is 1.62. The largest absolute Gasteiger partial charge is 0.390 e. The average Bonchev–Trinajstić information content (AvgIpc) is 2.55. The normalized spacial score (nSPS) is 14.7. The monoisotopic (exact) mass is 176 g/mol. The van der Waals surface area contributed by atoms with E-state index < -0.39 is 18.6 Å². The predicted molar refractivity (Wildman–Crippen MR) is 39.8 cm³/mol. The van der Waals surface area contributed by atoms with Gasteiger partial charge in [0.05, 0.1) is 0 Å². The Morgan fingerprint density at radius 3 is 2.75 bits per heavy atom. The Morgan fingerprint density at radius 2 is 2.33 bits per heavy atom. The van der Waals surface area contributed by atoms with E-state index in [-0.39, 0.29) is 5.69 Å². The van der Waals surface area contributed by atoms with E-state index >= 15 is 0 Å². The summed E-state index contributed by atoms with van der Waals surface area (Å²) >= 11 is 0. The van der Waals surface area contributed by atoms with Crippen LogP contribution in [0.1, 0.15) is 11.7 Å². The maximum atomic E-state index is 12.7. The Balaban J connectivity index is 2.78. The zero-order valence-corrected chi connectivity index (χ0v) is 6.30. The first-order valence-electron chi connectivity index (χ1n) is 3.45. The highest BCUT2D eigenvalue weighted by atomic mass is 19.3. The highest BCUT2D eigenvalue weighted by Crippen LogP contribution is 2.27. The molecule has 12 heavy (non-hydrogen) atoms. The number of aliphatic hydroxyl groups is 1. The summed E-state index contributed by atoms with van der Waals surface area (Å²) in [5.74, 6) is -3.27. The van der Waals surface area contributed by atoms with Crippen molar-refractivity contribution in [3.8, 4) is 0 Å². The summed E-state index contributed by atoms with van der Waals surface area (Å²) in [6.45, 7) is -1.24. The fourth-order valence-electron chi connectivity index (χ4n) is 0.864. The van der Waals surface area contributed by atoms with Crippen molar-refractivity contribution < 1.29 is 13.9 Å². The van der Waals surface area contributed by atoms with Crippen LogP contribution in [0.5, 0.6) is 0 Å². The molecule has 0 unspecified atom stereocenters. The number of aromatic nitrogens is 1. The van der Waals surface area contributed by atoms with Crippen LogP contribution in [0.2, 0.25) is 0 Å². The predicted octanol–water partition coefficient (Wildman–Crippen LogP) is 0.642. The van der Waals surface area contributed by atoms with Gasteiger partial charge in [-0.3, -0.25) is 0 Å². The highest BCUT2D eigenvalue weighted by molar-refractivity contribution is 5.11. The van der Waals surface area contributed by atoms with E-state index in [4.69, 9.17) is 10.8 Å². The molecule has 0 aliphatic heterocycles. The first kappa shape index (κ1) is 9.15. The maximum Gasteiger partial charge on any atom is 0.290 e. The fraction of sp³-hybridized carbons (Fsp3) is 0.429. The molecule has 0 aliphatic carbocycles. The average molecular weight is 176 g/mol. The van der Waals surface area contributed by atoms with Gasteiger partial charge in [-0.05, 0) is 12.1 Å². The van der Waals surface area contributed by atoms with Crippen LogP contribution in [0.25, 0.3) is 0 Å². The van der Waals surface area contributed by atoms with Crippen molar-refractivity contribution in [2.45, 2.75) is 12.0 Å². The molecule has 4 N–H and O–H groups in total. The molecular weight excluding hydrogens is 166 g/mol. The molecule has 0 spiro atoms. The fourth-order valence-corrected chi connectivity index (χ4v) is 0.864. The molecule has 0 amide bonds. The summed E-state index contributed by atoms with van der Waals surface area (Å²) < 4.78 is 25.4. The second-order valence-electron chi connectivity index (χ2n) is 2.52. The maximum absolute atomic E-state index is 12.7. The molecular formula is C7H10F2N2O. The molecule has 3 nitrogen and oxygen atoms in total. The van der Waals surface area contributed by atoms with Gasteiger partial charge in [-0.2, -0.15) is 0 Å². The van der Waals surface area contributed by atoms with Crippen LogP contribution in [-0.4, -0.2) is 22.6 Å². The van der Waals surface area contributed by atoms with Gasteiger partial charge in [-0.15, -0.1) is 0 Å². The van der Waals surface area contributed by atoms with E-state index in [1.165, 1.54) is 12.3 Å². The molecule has 1 atom stereocenters. The van der Waals surface area contributed by atoms with Crippen LogP contribution in [-0.2, 0) is 0 Å². The molecule has 0 saturated carbocycles. The number of nitrogens with two attached hydrogens (primary N) is 1. The molecule has 5 heteroatoms. The molecule has 1 rings (SSSR count). The van der Waals surface area contributed by atoms with E-state index in [0.29, 0.717) is 0 Å². The smallest absolute Gasteiger partial charge is 0.290 e. The zero-order chi connectivity index (χ0) is 9.19.